The van der Waals surface area contributed by atoms with E-state index in [0.29, 0.717) is 25.3 Å². The number of aromatic hydroxyl groups is 1. The summed E-state index contributed by atoms with van der Waals surface area (Å²) in [5, 5.41) is 17.1. The molecule has 4 aromatic rings. The van der Waals surface area contributed by atoms with Crippen molar-refractivity contribution in [2.75, 3.05) is 31.6 Å². The fraction of sp³-hybridized carbons (Fsp3) is 0.375. The van der Waals surface area contributed by atoms with Gasteiger partial charge in [-0.15, -0.1) is 5.10 Å². The van der Waals surface area contributed by atoms with Crippen molar-refractivity contribution in [3.05, 3.63) is 85.3 Å². The molecule has 18 heteroatoms. The first-order valence-electron chi connectivity index (χ1n) is 15.6. The largest absolute Gasteiger partial charge is 0.504 e. The summed E-state index contributed by atoms with van der Waals surface area (Å²) in [6.45, 7) is 2.36. The van der Waals surface area contributed by atoms with Gasteiger partial charge in [-0.25, -0.2) is 4.98 Å². The van der Waals surface area contributed by atoms with Crippen LogP contribution in [0, 0.1) is 0 Å². The van der Waals surface area contributed by atoms with E-state index >= 15 is 0 Å². The molecule has 262 valence electrons. The summed E-state index contributed by atoms with van der Waals surface area (Å²) < 4.78 is 54.2. The zero-order valence-corrected chi connectivity index (χ0v) is 27.8. The van der Waals surface area contributed by atoms with Gasteiger partial charge in [-0.1, -0.05) is 29.3 Å². The van der Waals surface area contributed by atoms with E-state index in [1.54, 1.807) is 6.92 Å². The number of benzene rings is 1. The lowest BCUT2D eigenvalue weighted by Gasteiger charge is -2.39. The molecule has 0 radical (unpaired) electrons. The first-order chi connectivity index (χ1) is 23.8. The molecule has 7 rings (SSSR count). The van der Waals surface area contributed by atoms with Crippen molar-refractivity contribution in [1.82, 2.24) is 29.0 Å². The molecular weight excluding hydrogens is 706 g/mol. The van der Waals surface area contributed by atoms with E-state index in [2.05, 4.69) is 20.4 Å². The standard InChI is InChI=1S/C32H28Cl2F3N7O6/c1-16-25-23(31(50-16)7-10-42(11-8-31)29(48)24-26(46)19(33)4-9-38-24)28(47)44-30(40-27(41-44)17-5-12-49-13-6-17)43(25)15-22(45)39-21-3-2-18(14-20(21)34)32(35,36)37/h2-5,9,14,16,46H,6-8,10-13,15H2,1H3,(H,39,45)/t16-/m1/s1. The van der Waals surface area contributed by atoms with Crippen LogP contribution in [0.1, 0.15) is 65.4 Å². The Kier molecular flexibility index (Phi) is 8.61. The molecule has 0 bridgehead atoms. The number of anilines is 1. The highest BCUT2D eigenvalue weighted by molar-refractivity contribution is 6.33. The van der Waals surface area contributed by atoms with Gasteiger partial charge in [0.05, 0.1) is 51.9 Å². The molecule has 2 amide bonds. The average molecular weight is 735 g/mol. The second kappa shape index (κ2) is 12.7. The van der Waals surface area contributed by atoms with Gasteiger partial charge < -0.3 is 29.4 Å². The number of alkyl halides is 3. The molecule has 0 saturated carbocycles. The minimum Gasteiger partial charge on any atom is -0.504 e. The third-order valence-electron chi connectivity index (χ3n) is 9.09. The summed E-state index contributed by atoms with van der Waals surface area (Å²) in [4.78, 5) is 51.3. The highest BCUT2D eigenvalue weighted by Gasteiger charge is 2.50. The number of hydrogen-bond donors (Lipinski definition) is 2. The minimum atomic E-state index is -4.62. The van der Waals surface area contributed by atoms with Crippen molar-refractivity contribution in [1.29, 1.82) is 0 Å². The molecule has 3 aliphatic rings. The van der Waals surface area contributed by atoms with Crippen LogP contribution in [0.5, 0.6) is 5.75 Å². The third kappa shape index (κ3) is 5.89. The third-order valence-corrected chi connectivity index (χ3v) is 9.70. The number of pyridine rings is 1. The van der Waals surface area contributed by atoms with Crippen molar-refractivity contribution in [3.8, 4) is 5.75 Å². The number of ether oxygens (including phenoxy) is 2. The summed E-state index contributed by atoms with van der Waals surface area (Å²) >= 11 is 12.1. The molecule has 0 aliphatic carbocycles. The molecule has 6 heterocycles. The minimum absolute atomic E-state index is 0.0170. The topological polar surface area (TPSA) is 153 Å². The van der Waals surface area contributed by atoms with Crippen LogP contribution in [-0.2, 0) is 32.6 Å². The second-order valence-corrected chi connectivity index (χ2v) is 12.9. The summed E-state index contributed by atoms with van der Waals surface area (Å²) in [5.41, 5.74) is -1.47. The van der Waals surface area contributed by atoms with Crippen LogP contribution >= 0.6 is 23.2 Å². The number of likely N-dealkylation sites (tertiary alicyclic amines) is 1. The number of carbonyl (C=O) groups is 2. The predicted molar refractivity (Wildman–Crippen MR) is 173 cm³/mol. The van der Waals surface area contributed by atoms with Crippen LogP contribution in [0.3, 0.4) is 0 Å². The van der Waals surface area contributed by atoms with E-state index in [0.717, 1.165) is 28.3 Å². The van der Waals surface area contributed by atoms with Gasteiger partial charge in [-0.05, 0) is 56.0 Å². The lowest BCUT2D eigenvalue weighted by atomic mass is 9.85. The summed E-state index contributed by atoms with van der Waals surface area (Å²) in [7, 11) is 0. The van der Waals surface area contributed by atoms with Gasteiger partial charge in [0.1, 0.15) is 12.1 Å². The summed E-state index contributed by atoms with van der Waals surface area (Å²) in [5.74, 6) is -1.28. The molecule has 3 aromatic heterocycles. The number of piperidine rings is 1. The number of aromatic nitrogens is 5. The monoisotopic (exact) mass is 733 g/mol. The van der Waals surface area contributed by atoms with Crippen LogP contribution in [0.2, 0.25) is 10.0 Å². The zero-order valence-electron chi connectivity index (χ0n) is 26.3. The quantitative estimate of drug-likeness (QED) is 0.289. The molecule has 1 fully saturated rings. The number of hydrogen-bond acceptors (Lipinski definition) is 9. The molecule has 50 heavy (non-hydrogen) atoms. The normalized spacial score (nSPS) is 18.7. The Hall–Kier alpha value is -4.51. The average Bonchev–Trinajstić information content (AvgIpc) is 3.65. The summed E-state index contributed by atoms with van der Waals surface area (Å²) in [6.07, 6.45) is -1.33. The molecule has 0 unspecified atom stereocenters. The van der Waals surface area contributed by atoms with E-state index in [1.807, 2.05) is 6.08 Å². The zero-order chi connectivity index (χ0) is 35.5. The van der Waals surface area contributed by atoms with Crippen molar-refractivity contribution in [3.63, 3.8) is 0 Å². The Morgan fingerprint density at radius 2 is 1.92 bits per heavy atom. The van der Waals surface area contributed by atoms with E-state index in [4.69, 9.17) is 32.7 Å². The first kappa shape index (κ1) is 34.0. The van der Waals surface area contributed by atoms with Crippen molar-refractivity contribution >= 4 is 52.1 Å². The van der Waals surface area contributed by atoms with Crippen molar-refractivity contribution in [2.24, 2.45) is 0 Å². The SMILES string of the molecule is C[C@H]1OC2(CCN(C(=O)c3nccc(Cl)c3O)CC2)c2c1n(CC(=O)Nc1ccc(C(F)(F)F)cc1Cl)c1nc(C3=CCOCC3)nn1c2=O. The molecule has 1 atom stereocenters. The maximum absolute atomic E-state index is 14.3. The van der Waals surface area contributed by atoms with Crippen LogP contribution in [0.25, 0.3) is 11.4 Å². The summed E-state index contributed by atoms with van der Waals surface area (Å²) in [6, 6.07) is 3.96. The van der Waals surface area contributed by atoms with E-state index in [-0.39, 0.29) is 64.5 Å². The molecule has 1 aromatic carbocycles. The highest BCUT2D eigenvalue weighted by atomic mass is 35.5. The lowest BCUT2D eigenvalue weighted by Crippen LogP contribution is -2.47. The Bertz CT molecular complexity index is 2140. The van der Waals surface area contributed by atoms with E-state index in [9.17, 15) is 32.7 Å². The van der Waals surface area contributed by atoms with E-state index in [1.165, 1.54) is 21.7 Å². The van der Waals surface area contributed by atoms with Crippen LogP contribution < -0.4 is 10.9 Å². The van der Waals surface area contributed by atoms with Crippen molar-refractivity contribution < 1.29 is 37.3 Å². The fourth-order valence-electron chi connectivity index (χ4n) is 6.70. The Morgan fingerprint density at radius 1 is 1.16 bits per heavy atom. The Balaban J connectivity index is 1.26. The van der Waals surface area contributed by atoms with Gasteiger partial charge in [-0.3, -0.25) is 14.4 Å². The van der Waals surface area contributed by atoms with Crippen LogP contribution in [0.15, 0.2) is 41.3 Å². The maximum Gasteiger partial charge on any atom is 0.416 e. The van der Waals surface area contributed by atoms with Gasteiger partial charge in [-0.2, -0.15) is 22.7 Å². The Morgan fingerprint density at radius 3 is 2.60 bits per heavy atom. The van der Waals surface area contributed by atoms with Gasteiger partial charge in [0, 0.05) is 19.3 Å². The van der Waals surface area contributed by atoms with Crippen molar-refractivity contribution in [2.45, 2.75) is 50.6 Å². The molecule has 13 nitrogen and oxygen atoms in total. The Labute approximate surface area is 291 Å². The van der Waals surface area contributed by atoms with Crippen LogP contribution in [0.4, 0.5) is 18.9 Å². The predicted octanol–water partition coefficient (Wildman–Crippen LogP) is 4.98. The second-order valence-electron chi connectivity index (χ2n) is 12.1. The fourth-order valence-corrected chi connectivity index (χ4v) is 7.07. The van der Waals surface area contributed by atoms with Crippen LogP contribution in [-0.4, -0.2) is 72.3 Å². The molecule has 1 saturated heterocycles. The number of carbonyl (C=O) groups excluding carboxylic acids is 2. The number of nitrogens with zero attached hydrogens (tertiary/aromatic N) is 6. The molecule has 1 spiro atoms. The number of halogens is 5. The number of fused-ring (bicyclic) bond motifs is 3. The number of rotatable bonds is 5. The van der Waals surface area contributed by atoms with Gasteiger partial charge >= 0.3 is 6.18 Å². The maximum atomic E-state index is 14.3. The molecule has 2 N–H and O–H groups in total. The number of amides is 2. The number of nitrogens with one attached hydrogen (secondary N) is 1. The molecular formula is C32H28Cl2F3N7O6. The lowest BCUT2D eigenvalue weighted by molar-refractivity contribution is -0.137. The van der Waals surface area contributed by atoms with Gasteiger partial charge in [0.2, 0.25) is 11.7 Å². The highest BCUT2D eigenvalue weighted by Crippen LogP contribution is 2.48. The molecule has 3 aliphatic heterocycles. The van der Waals surface area contributed by atoms with Gasteiger partial charge in [0.25, 0.3) is 11.5 Å². The smallest absolute Gasteiger partial charge is 0.416 e. The van der Waals surface area contributed by atoms with E-state index < -0.39 is 53.1 Å². The van der Waals surface area contributed by atoms with Gasteiger partial charge in [0.15, 0.2) is 17.3 Å². The first-order valence-corrected chi connectivity index (χ1v) is 16.3.